The zero-order chi connectivity index (χ0) is 29.6. The molecule has 10 heteroatoms. The number of alkyl halides is 4. The maximum atomic E-state index is 13.6. The predicted octanol–water partition coefficient (Wildman–Crippen LogP) is 6.13. The normalized spacial score (nSPS) is 14.5. The van der Waals surface area contributed by atoms with E-state index >= 15 is 0 Å². The molecular weight excluding hydrogens is 542 g/mol. The van der Waals surface area contributed by atoms with Crippen molar-refractivity contribution in [3.8, 4) is 5.75 Å². The van der Waals surface area contributed by atoms with Gasteiger partial charge in [0, 0.05) is 5.56 Å². The summed E-state index contributed by atoms with van der Waals surface area (Å²) in [5.41, 5.74) is 3.18. The van der Waals surface area contributed by atoms with Crippen molar-refractivity contribution in [2.75, 3.05) is 7.11 Å². The van der Waals surface area contributed by atoms with E-state index in [2.05, 4.69) is 10.1 Å². The average Bonchev–Trinajstić information content (AvgIpc) is 3.21. The Morgan fingerprint density at radius 3 is 2.49 bits per heavy atom. The summed E-state index contributed by atoms with van der Waals surface area (Å²) in [5.74, 6) is -1.51. The average molecular weight is 572 g/mol. The van der Waals surface area contributed by atoms with Gasteiger partial charge in [0.1, 0.15) is 5.75 Å². The largest absolute Gasteiger partial charge is 0.465 e. The van der Waals surface area contributed by atoms with Crippen LogP contribution in [-0.2, 0) is 17.6 Å². The lowest BCUT2D eigenvalue weighted by molar-refractivity contribution is -0.253. The van der Waals surface area contributed by atoms with Crippen LogP contribution in [0, 0.1) is 0 Å². The Morgan fingerprint density at radius 1 is 1.05 bits per heavy atom. The van der Waals surface area contributed by atoms with Crippen molar-refractivity contribution in [1.82, 2.24) is 5.32 Å². The maximum absolute atomic E-state index is 13.6. The van der Waals surface area contributed by atoms with E-state index in [0.29, 0.717) is 16.7 Å². The summed E-state index contributed by atoms with van der Waals surface area (Å²) in [4.78, 5) is 25.4. The summed E-state index contributed by atoms with van der Waals surface area (Å²) in [6, 6.07) is 15.5. The third-order valence-corrected chi connectivity index (χ3v) is 6.78. The Morgan fingerprint density at radius 2 is 1.78 bits per heavy atom. The van der Waals surface area contributed by atoms with Crippen molar-refractivity contribution in [2.24, 2.45) is 0 Å². The minimum absolute atomic E-state index is 0.0615. The first-order valence-electron chi connectivity index (χ1n) is 13.0. The maximum Gasteiger partial charge on any atom is 0.461 e. The van der Waals surface area contributed by atoms with Gasteiger partial charge in [0.05, 0.1) is 24.8 Å². The number of benzene rings is 3. The second-order valence-electron chi connectivity index (χ2n) is 9.63. The molecule has 2 atom stereocenters. The monoisotopic (exact) mass is 571 g/mol. The molecule has 0 fully saturated rings. The smallest absolute Gasteiger partial charge is 0.461 e. The van der Waals surface area contributed by atoms with E-state index in [4.69, 9.17) is 4.74 Å². The summed E-state index contributed by atoms with van der Waals surface area (Å²) in [7, 11) is 1.24. The van der Waals surface area contributed by atoms with Crippen LogP contribution >= 0.6 is 0 Å². The zero-order valence-electron chi connectivity index (χ0n) is 22.2. The quantitative estimate of drug-likeness (QED) is 0.226. The van der Waals surface area contributed by atoms with Crippen molar-refractivity contribution in [3.63, 3.8) is 0 Å². The highest BCUT2D eigenvalue weighted by Gasteiger charge is 2.44. The Bertz CT molecular complexity index is 1410. The van der Waals surface area contributed by atoms with E-state index in [1.807, 2.05) is 18.2 Å². The van der Waals surface area contributed by atoms with Crippen LogP contribution in [0.4, 0.5) is 17.6 Å². The van der Waals surface area contributed by atoms with Gasteiger partial charge < -0.3 is 19.9 Å². The zero-order valence-corrected chi connectivity index (χ0v) is 22.2. The predicted molar refractivity (Wildman–Crippen MR) is 144 cm³/mol. The van der Waals surface area contributed by atoms with Crippen LogP contribution in [0.5, 0.6) is 5.75 Å². The molecule has 0 heterocycles. The van der Waals surface area contributed by atoms with Crippen LogP contribution in [0.25, 0.3) is 6.08 Å². The van der Waals surface area contributed by atoms with Gasteiger partial charge in [-0.2, -0.15) is 17.6 Å². The third-order valence-electron chi connectivity index (χ3n) is 6.78. The molecule has 2 N–H and O–H groups in total. The number of methoxy groups -OCH3 is 1. The number of rotatable bonds is 10. The van der Waals surface area contributed by atoms with Crippen molar-refractivity contribution in [3.05, 3.63) is 106 Å². The second-order valence-corrected chi connectivity index (χ2v) is 9.63. The number of hydrogen-bond donors (Lipinski definition) is 2. The number of carbonyl (C=O) groups is 2. The van der Waals surface area contributed by atoms with Gasteiger partial charge in [-0.15, -0.1) is 0 Å². The molecule has 0 saturated heterocycles. The third kappa shape index (κ3) is 7.32. The van der Waals surface area contributed by atoms with Crippen molar-refractivity contribution in [2.45, 2.75) is 50.4 Å². The fraction of sp³-hybridized carbons (Fsp3) is 0.290. The number of nitrogens with one attached hydrogen (secondary N) is 1. The van der Waals surface area contributed by atoms with Crippen LogP contribution in [-0.4, -0.2) is 42.7 Å². The second kappa shape index (κ2) is 13.0. The minimum atomic E-state index is -4.69. The number of hydrogen-bond acceptors (Lipinski definition) is 5. The molecule has 0 aromatic heterocycles. The number of aliphatic hydroxyl groups excluding tert-OH is 1. The number of amides is 1. The molecule has 0 radical (unpaired) electrons. The standard InChI is InChI=1S/C31H29F4NO5/c1-40-29(39)22-15-13-21(14-16-22)27(37)26(18-19-7-5-10-23(17-19)41-31(34,35)30(32)33)36-28(38)25-12-6-9-20-8-3-2-4-11-24(20)25/h4-7,9-17,26-27,30,37H,2-3,8,18H2,1H3,(H,36,38). The Kier molecular flexibility index (Phi) is 9.44. The van der Waals surface area contributed by atoms with Gasteiger partial charge in [-0.25, -0.2) is 4.79 Å². The van der Waals surface area contributed by atoms with Crippen molar-refractivity contribution in [1.29, 1.82) is 0 Å². The van der Waals surface area contributed by atoms with E-state index in [0.717, 1.165) is 42.5 Å². The fourth-order valence-corrected chi connectivity index (χ4v) is 4.68. The van der Waals surface area contributed by atoms with Crippen LogP contribution in [0.2, 0.25) is 0 Å². The molecule has 1 aliphatic rings. The van der Waals surface area contributed by atoms with Crippen LogP contribution in [0.15, 0.2) is 72.8 Å². The van der Waals surface area contributed by atoms with Crippen molar-refractivity contribution < 1.29 is 41.7 Å². The van der Waals surface area contributed by atoms with Gasteiger partial charge in [0.15, 0.2) is 0 Å². The van der Waals surface area contributed by atoms with Gasteiger partial charge in [-0.3, -0.25) is 4.79 Å². The number of esters is 1. The lowest BCUT2D eigenvalue weighted by Gasteiger charge is -2.26. The molecule has 2 unspecified atom stereocenters. The molecule has 3 aromatic rings. The molecule has 0 saturated carbocycles. The number of fused-ring (bicyclic) bond motifs is 1. The molecule has 41 heavy (non-hydrogen) atoms. The molecule has 0 spiro atoms. The van der Waals surface area contributed by atoms with Crippen molar-refractivity contribution >= 4 is 18.0 Å². The number of allylic oxidation sites excluding steroid dienone is 1. The van der Waals surface area contributed by atoms with Gasteiger partial charge in [-0.1, -0.05) is 48.6 Å². The van der Waals surface area contributed by atoms with E-state index in [1.54, 1.807) is 12.1 Å². The molecular formula is C31H29F4NO5. The van der Waals surface area contributed by atoms with Crippen LogP contribution in [0.1, 0.15) is 61.9 Å². The molecule has 6 nitrogen and oxygen atoms in total. The van der Waals surface area contributed by atoms with Crippen LogP contribution < -0.4 is 10.1 Å². The number of halogens is 4. The highest BCUT2D eigenvalue weighted by molar-refractivity contribution is 5.98. The van der Waals surface area contributed by atoms with Gasteiger partial charge in [0.2, 0.25) is 0 Å². The molecule has 0 aliphatic heterocycles. The first kappa shape index (κ1) is 29.8. The Balaban J connectivity index is 1.64. The van der Waals surface area contributed by atoms with E-state index in [9.17, 15) is 32.3 Å². The number of aliphatic hydroxyl groups is 1. The Labute approximate surface area is 234 Å². The number of aryl methyl sites for hydroxylation is 1. The summed E-state index contributed by atoms with van der Waals surface area (Å²) < 4.78 is 61.3. The molecule has 1 amide bonds. The molecule has 4 rings (SSSR count). The van der Waals surface area contributed by atoms with E-state index < -0.39 is 42.3 Å². The molecule has 0 bridgehead atoms. The van der Waals surface area contributed by atoms with Gasteiger partial charge in [0.25, 0.3) is 5.91 Å². The summed E-state index contributed by atoms with van der Waals surface area (Å²) >= 11 is 0. The fourth-order valence-electron chi connectivity index (χ4n) is 4.68. The summed E-state index contributed by atoms with van der Waals surface area (Å²) in [6.45, 7) is 0. The summed E-state index contributed by atoms with van der Waals surface area (Å²) in [5, 5.41) is 14.2. The van der Waals surface area contributed by atoms with E-state index in [1.165, 1.54) is 43.5 Å². The lowest BCUT2D eigenvalue weighted by Crippen LogP contribution is -2.41. The molecule has 1 aliphatic carbocycles. The van der Waals surface area contributed by atoms with Gasteiger partial charge >= 0.3 is 18.5 Å². The summed E-state index contributed by atoms with van der Waals surface area (Å²) in [6.07, 6.45) is -3.55. The molecule has 3 aromatic carbocycles. The van der Waals surface area contributed by atoms with Crippen LogP contribution in [0.3, 0.4) is 0 Å². The number of ether oxygens (including phenoxy) is 2. The lowest BCUT2D eigenvalue weighted by atomic mass is 9.94. The Hall–Kier alpha value is -4.18. The van der Waals surface area contributed by atoms with Gasteiger partial charge in [-0.05, 0) is 78.3 Å². The highest BCUT2D eigenvalue weighted by atomic mass is 19.3. The first-order valence-corrected chi connectivity index (χ1v) is 13.0. The first-order chi connectivity index (χ1) is 19.6. The number of carbonyl (C=O) groups excluding carboxylic acids is 2. The minimum Gasteiger partial charge on any atom is -0.465 e. The topological polar surface area (TPSA) is 84.9 Å². The highest BCUT2D eigenvalue weighted by Crippen LogP contribution is 2.29. The SMILES string of the molecule is COC(=O)c1ccc(C(O)C(Cc2cccc(OC(F)(F)C(F)F)c2)NC(=O)c2cccc3c2C=CCCC3)cc1. The molecule has 216 valence electrons. The van der Waals surface area contributed by atoms with E-state index in [-0.39, 0.29) is 12.0 Å².